The summed E-state index contributed by atoms with van der Waals surface area (Å²) in [6.45, 7) is 1.38. The molecule has 0 saturated heterocycles. The van der Waals surface area contributed by atoms with Gasteiger partial charge in [-0.25, -0.2) is 0 Å². The molecule has 0 spiro atoms. The monoisotopic (exact) mass is 271 g/mol. The summed E-state index contributed by atoms with van der Waals surface area (Å²) in [6, 6.07) is 0. The van der Waals surface area contributed by atoms with Gasteiger partial charge in [0.25, 0.3) is 0 Å². The van der Waals surface area contributed by atoms with Gasteiger partial charge >= 0.3 is 0 Å². The van der Waals surface area contributed by atoms with E-state index in [2.05, 4.69) is 26.3 Å². The molecule has 1 aliphatic rings. The second-order valence-corrected chi connectivity index (χ2v) is 4.76. The van der Waals surface area contributed by atoms with Gasteiger partial charge in [0.2, 0.25) is 5.91 Å². The molecule has 82 valence electrons. The van der Waals surface area contributed by atoms with E-state index in [9.17, 15) is 4.79 Å². The maximum Gasteiger partial charge on any atom is 0.223 e. The highest BCUT2D eigenvalue weighted by molar-refractivity contribution is 9.10. The summed E-state index contributed by atoms with van der Waals surface area (Å²) in [5, 5.41) is 7.04. The molecule has 1 saturated carbocycles. The first-order chi connectivity index (χ1) is 7.25. The standard InChI is InChI=1S/C10H14BrN3O/c11-9-6-13-14(7-9)5-4-12-10(15)8-2-1-3-8/h6-8H,1-5H2,(H,12,15). The minimum atomic E-state index is 0.201. The van der Waals surface area contributed by atoms with Crippen LogP contribution in [0.5, 0.6) is 0 Å². The van der Waals surface area contributed by atoms with Crippen LogP contribution in [-0.4, -0.2) is 22.2 Å². The van der Waals surface area contributed by atoms with Crippen molar-refractivity contribution >= 4 is 21.8 Å². The van der Waals surface area contributed by atoms with Crippen LogP contribution < -0.4 is 5.32 Å². The van der Waals surface area contributed by atoms with Crippen LogP contribution in [0.15, 0.2) is 16.9 Å². The Morgan fingerprint density at radius 2 is 2.47 bits per heavy atom. The van der Waals surface area contributed by atoms with Crippen molar-refractivity contribution in [2.75, 3.05) is 6.54 Å². The summed E-state index contributed by atoms with van der Waals surface area (Å²) >= 11 is 3.33. The van der Waals surface area contributed by atoms with Gasteiger partial charge < -0.3 is 5.32 Å². The van der Waals surface area contributed by atoms with Crippen molar-refractivity contribution in [2.45, 2.75) is 25.8 Å². The lowest BCUT2D eigenvalue weighted by Crippen LogP contribution is -2.36. The lowest BCUT2D eigenvalue weighted by molar-refractivity contribution is -0.127. The Morgan fingerprint density at radius 3 is 3.00 bits per heavy atom. The average molecular weight is 272 g/mol. The fourth-order valence-corrected chi connectivity index (χ4v) is 1.90. The number of aromatic nitrogens is 2. The van der Waals surface area contributed by atoms with E-state index in [0.717, 1.165) is 23.9 Å². The van der Waals surface area contributed by atoms with E-state index in [-0.39, 0.29) is 11.8 Å². The molecule has 1 N–H and O–H groups in total. The highest BCUT2D eigenvalue weighted by atomic mass is 79.9. The van der Waals surface area contributed by atoms with Crippen molar-refractivity contribution in [1.82, 2.24) is 15.1 Å². The van der Waals surface area contributed by atoms with Crippen molar-refractivity contribution in [1.29, 1.82) is 0 Å². The Hall–Kier alpha value is -0.840. The molecule has 1 aliphatic carbocycles. The third-order valence-corrected chi connectivity index (χ3v) is 3.13. The number of carbonyl (C=O) groups is 1. The molecule has 5 heteroatoms. The third-order valence-electron chi connectivity index (χ3n) is 2.72. The fourth-order valence-electron chi connectivity index (χ4n) is 1.57. The van der Waals surface area contributed by atoms with E-state index < -0.39 is 0 Å². The highest BCUT2D eigenvalue weighted by Gasteiger charge is 2.24. The van der Waals surface area contributed by atoms with Crippen LogP contribution in [0.3, 0.4) is 0 Å². The summed E-state index contributed by atoms with van der Waals surface area (Å²) in [7, 11) is 0. The number of rotatable bonds is 4. The Balaban J connectivity index is 1.68. The normalized spacial score (nSPS) is 16.1. The lowest BCUT2D eigenvalue weighted by Gasteiger charge is -2.23. The summed E-state index contributed by atoms with van der Waals surface area (Å²) in [5.74, 6) is 0.474. The summed E-state index contributed by atoms with van der Waals surface area (Å²) in [6.07, 6.45) is 6.95. The molecule has 1 aromatic rings. The third kappa shape index (κ3) is 2.81. The molecule has 0 radical (unpaired) electrons. The van der Waals surface area contributed by atoms with Gasteiger partial charge in [-0.2, -0.15) is 5.10 Å². The molecule has 2 rings (SSSR count). The van der Waals surface area contributed by atoms with Crippen LogP contribution in [0.1, 0.15) is 19.3 Å². The van der Waals surface area contributed by atoms with Gasteiger partial charge in [0.05, 0.1) is 17.2 Å². The number of amides is 1. The molecule has 0 atom stereocenters. The van der Waals surface area contributed by atoms with Crippen molar-refractivity contribution < 1.29 is 4.79 Å². The molecule has 0 unspecified atom stereocenters. The zero-order chi connectivity index (χ0) is 10.7. The molecule has 1 heterocycles. The largest absolute Gasteiger partial charge is 0.354 e. The number of halogens is 1. The van der Waals surface area contributed by atoms with E-state index >= 15 is 0 Å². The Morgan fingerprint density at radius 1 is 1.67 bits per heavy atom. The van der Waals surface area contributed by atoms with Gasteiger partial charge in [-0.1, -0.05) is 6.42 Å². The Kier molecular flexibility index (Phi) is 3.41. The smallest absolute Gasteiger partial charge is 0.223 e. The van der Waals surface area contributed by atoms with Gasteiger partial charge in [0, 0.05) is 18.7 Å². The van der Waals surface area contributed by atoms with Crippen molar-refractivity contribution in [3.63, 3.8) is 0 Å². The first-order valence-electron chi connectivity index (χ1n) is 5.21. The van der Waals surface area contributed by atoms with Gasteiger partial charge in [0.1, 0.15) is 0 Å². The van der Waals surface area contributed by atoms with Gasteiger partial charge in [-0.05, 0) is 28.8 Å². The molecule has 15 heavy (non-hydrogen) atoms. The number of nitrogens with zero attached hydrogens (tertiary/aromatic N) is 2. The van der Waals surface area contributed by atoms with Crippen molar-refractivity contribution in [2.24, 2.45) is 5.92 Å². The Labute approximate surface area is 97.2 Å². The van der Waals surface area contributed by atoms with Crippen LogP contribution in [0.2, 0.25) is 0 Å². The van der Waals surface area contributed by atoms with E-state index in [1.165, 1.54) is 6.42 Å². The minimum Gasteiger partial charge on any atom is -0.354 e. The predicted molar refractivity (Wildman–Crippen MR) is 60.3 cm³/mol. The number of hydrogen-bond acceptors (Lipinski definition) is 2. The summed E-state index contributed by atoms with van der Waals surface area (Å²) in [5.41, 5.74) is 0. The zero-order valence-electron chi connectivity index (χ0n) is 8.45. The Bertz CT molecular complexity index is 346. The van der Waals surface area contributed by atoms with E-state index in [1.807, 2.05) is 10.9 Å². The second kappa shape index (κ2) is 4.79. The second-order valence-electron chi connectivity index (χ2n) is 3.84. The SMILES string of the molecule is O=C(NCCn1cc(Br)cn1)C1CCC1. The molecule has 0 bridgehead atoms. The quantitative estimate of drug-likeness (QED) is 0.904. The first kappa shape index (κ1) is 10.7. The molecule has 0 aromatic carbocycles. The number of hydrogen-bond donors (Lipinski definition) is 1. The molecule has 0 aliphatic heterocycles. The van der Waals surface area contributed by atoms with E-state index in [1.54, 1.807) is 6.20 Å². The van der Waals surface area contributed by atoms with Crippen LogP contribution in [0.4, 0.5) is 0 Å². The van der Waals surface area contributed by atoms with E-state index in [4.69, 9.17) is 0 Å². The zero-order valence-corrected chi connectivity index (χ0v) is 10.0. The fraction of sp³-hybridized carbons (Fsp3) is 0.600. The van der Waals surface area contributed by atoms with Crippen LogP contribution >= 0.6 is 15.9 Å². The van der Waals surface area contributed by atoms with Gasteiger partial charge in [0.15, 0.2) is 0 Å². The van der Waals surface area contributed by atoms with Crippen molar-refractivity contribution in [3.05, 3.63) is 16.9 Å². The highest BCUT2D eigenvalue weighted by Crippen LogP contribution is 2.25. The van der Waals surface area contributed by atoms with Crippen molar-refractivity contribution in [3.8, 4) is 0 Å². The number of carbonyl (C=O) groups excluding carboxylic acids is 1. The lowest BCUT2D eigenvalue weighted by atomic mass is 9.85. The maximum absolute atomic E-state index is 11.5. The molecule has 1 fully saturated rings. The predicted octanol–water partition coefficient (Wildman–Crippen LogP) is 1.56. The van der Waals surface area contributed by atoms with Crippen LogP contribution in [0.25, 0.3) is 0 Å². The average Bonchev–Trinajstić information content (AvgIpc) is 2.48. The van der Waals surface area contributed by atoms with E-state index in [0.29, 0.717) is 6.54 Å². The first-order valence-corrected chi connectivity index (χ1v) is 6.00. The maximum atomic E-state index is 11.5. The summed E-state index contributed by atoms with van der Waals surface area (Å²) in [4.78, 5) is 11.5. The van der Waals surface area contributed by atoms with Gasteiger partial charge in [-0.3, -0.25) is 9.48 Å². The molecule has 4 nitrogen and oxygen atoms in total. The minimum absolute atomic E-state index is 0.201. The molecule has 1 aromatic heterocycles. The number of nitrogens with one attached hydrogen (secondary N) is 1. The topological polar surface area (TPSA) is 46.9 Å². The summed E-state index contributed by atoms with van der Waals surface area (Å²) < 4.78 is 2.78. The van der Waals surface area contributed by atoms with Crippen LogP contribution in [0, 0.1) is 5.92 Å². The molecular formula is C10H14BrN3O. The van der Waals surface area contributed by atoms with Gasteiger partial charge in [-0.15, -0.1) is 0 Å². The molecule has 1 amide bonds. The van der Waals surface area contributed by atoms with Crippen LogP contribution in [-0.2, 0) is 11.3 Å². The molecular weight excluding hydrogens is 258 g/mol.